The summed E-state index contributed by atoms with van der Waals surface area (Å²) in [6.07, 6.45) is 10.7. The first-order valence-corrected chi connectivity index (χ1v) is 18.7. The maximum Gasteiger partial charge on any atom is 2.00 e. The van der Waals surface area contributed by atoms with E-state index in [4.69, 9.17) is 35.9 Å². The van der Waals surface area contributed by atoms with Crippen LogP contribution in [0.3, 0.4) is 0 Å². The van der Waals surface area contributed by atoms with Gasteiger partial charge in [0, 0.05) is 66.8 Å². The second-order valence-corrected chi connectivity index (χ2v) is 15.0. The van der Waals surface area contributed by atoms with Crippen molar-refractivity contribution in [2.45, 2.75) is 61.6 Å². The smallest absolute Gasteiger partial charge is 0.741 e. The predicted molar refractivity (Wildman–Crippen MR) is 177 cm³/mol. The molecule has 2 aliphatic heterocycles. The van der Waals surface area contributed by atoms with Crippen LogP contribution >= 0.6 is 0 Å². The molecule has 4 heterocycles. The minimum Gasteiger partial charge on any atom is -0.741 e. The van der Waals surface area contributed by atoms with Gasteiger partial charge in [-0.1, -0.05) is 12.1 Å². The fraction of sp³-hybridized carbons (Fsp3) is 0.600. The van der Waals surface area contributed by atoms with Gasteiger partial charge in [-0.3, -0.25) is 9.97 Å². The van der Waals surface area contributed by atoms with Crippen molar-refractivity contribution < 1.29 is 71.8 Å². The summed E-state index contributed by atoms with van der Waals surface area (Å²) in [4.78, 5) is 27.9. The Morgan fingerprint density at radius 3 is 1.19 bits per heavy atom. The normalized spacial score (nSPS) is 20.0. The number of fused-ring (bicyclic) bond motifs is 2. The molecule has 0 N–H and O–H groups in total. The molecule has 0 saturated carbocycles. The Morgan fingerprint density at radius 2 is 0.925 bits per heavy atom. The Labute approximate surface area is 317 Å². The van der Waals surface area contributed by atoms with Gasteiger partial charge in [0.25, 0.3) is 0 Å². The zero-order valence-corrected chi connectivity index (χ0v) is 34.1. The standard InChI is InChI=1S/2C14H20N4.2CHF3O3S.Zn/c2*1-17-9-10-18(2)14(17)16-12-7-3-5-11-6-4-8-15-13(11)12;2*2-1(3,4)8(5,6)7;/h2*4,6,8,12H,3,5,7,9-10H2,1-2H3;2*(H,5,6,7);/q;;;;+2/p-2. The van der Waals surface area contributed by atoms with E-state index in [9.17, 15) is 26.3 Å². The number of alkyl halides is 6. The van der Waals surface area contributed by atoms with Crippen molar-refractivity contribution in [3.8, 4) is 0 Å². The number of likely N-dealkylation sites (N-methyl/N-ethyl adjacent to an activating group) is 4. The summed E-state index contributed by atoms with van der Waals surface area (Å²) in [5.74, 6) is 2.22. The third-order valence-electron chi connectivity index (χ3n) is 8.35. The van der Waals surface area contributed by atoms with Crippen LogP contribution in [0, 0.1) is 0 Å². The first-order valence-electron chi connectivity index (χ1n) is 15.9. The molecule has 0 amide bonds. The third-order valence-corrected chi connectivity index (χ3v) is 9.48. The van der Waals surface area contributed by atoms with Crippen molar-refractivity contribution in [2.75, 3.05) is 54.4 Å². The van der Waals surface area contributed by atoms with Gasteiger partial charge in [0.2, 0.25) is 0 Å². The quantitative estimate of drug-likeness (QED) is 0.186. The van der Waals surface area contributed by atoms with E-state index in [0.717, 1.165) is 63.8 Å². The Kier molecular flexibility index (Phi) is 16.5. The number of hydrogen-bond acceptors (Lipinski definition) is 10. The van der Waals surface area contributed by atoms with Crippen LogP contribution in [0.2, 0.25) is 0 Å². The van der Waals surface area contributed by atoms with Crippen molar-refractivity contribution in [2.24, 2.45) is 9.98 Å². The molecule has 4 aliphatic rings. The van der Waals surface area contributed by atoms with Crippen LogP contribution in [0.5, 0.6) is 0 Å². The molecule has 2 aromatic rings. The van der Waals surface area contributed by atoms with Crippen molar-refractivity contribution in [1.82, 2.24) is 29.6 Å². The van der Waals surface area contributed by atoms with Crippen molar-refractivity contribution in [3.05, 3.63) is 59.2 Å². The summed E-state index contributed by atoms with van der Waals surface area (Å²) in [5, 5.41) is 0. The van der Waals surface area contributed by atoms with E-state index in [-0.39, 0.29) is 31.6 Å². The van der Waals surface area contributed by atoms with Gasteiger partial charge in [-0.2, -0.15) is 26.3 Å². The average Bonchev–Trinajstić information content (AvgIpc) is 3.54. The number of aromatic nitrogens is 2. The molecule has 2 unspecified atom stereocenters. The van der Waals surface area contributed by atoms with E-state index >= 15 is 0 Å². The van der Waals surface area contributed by atoms with Crippen LogP contribution in [0.4, 0.5) is 26.3 Å². The number of guanidine groups is 2. The van der Waals surface area contributed by atoms with E-state index in [2.05, 4.69) is 69.9 Å². The van der Waals surface area contributed by atoms with Gasteiger partial charge < -0.3 is 28.7 Å². The van der Waals surface area contributed by atoms with Crippen molar-refractivity contribution in [1.29, 1.82) is 0 Å². The Morgan fingerprint density at radius 1 is 0.642 bits per heavy atom. The molecule has 2 saturated heterocycles. The van der Waals surface area contributed by atoms with Crippen molar-refractivity contribution in [3.63, 3.8) is 0 Å². The van der Waals surface area contributed by atoms with Crippen LogP contribution in [0.15, 0.2) is 46.6 Å². The number of hydrogen-bond donors (Lipinski definition) is 0. The molecule has 23 heteroatoms. The van der Waals surface area contributed by atoms with Crippen molar-refractivity contribution >= 4 is 32.2 Å². The first-order chi connectivity index (χ1) is 24.0. The number of nitrogens with zero attached hydrogens (tertiary/aromatic N) is 8. The fourth-order valence-corrected chi connectivity index (χ4v) is 5.68. The van der Waals surface area contributed by atoms with Crippen LogP contribution < -0.4 is 0 Å². The molecule has 0 aromatic carbocycles. The number of pyridine rings is 2. The number of aliphatic imine (C=N–C) groups is 2. The summed E-state index contributed by atoms with van der Waals surface area (Å²) in [5.41, 5.74) is -6.17. The summed E-state index contributed by atoms with van der Waals surface area (Å²) >= 11 is 0. The van der Waals surface area contributed by atoms with E-state index < -0.39 is 31.3 Å². The molecular weight excluding hydrogens is 812 g/mol. The summed E-state index contributed by atoms with van der Waals surface area (Å²) < 4.78 is 118. The van der Waals surface area contributed by atoms with E-state index in [1.807, 2.05) is 24.5 Å². The Hall–Kier alpha value is -3.14. The molecule has 0 radical (unpaired) electrons. The van der Waals surface area contributed by atoms with Gasteiger partial charge >= 0.3 is 30.5 Å². The van der Waals surface area contributed by atoms with E-state index in [0.29, 0.717) is 0 Å². The van der Waals surface area contributed by atoms with E-state index in [1.165, 1.54) is 35.4 Å². The Bertz CT molecular complexity index is 1650. The number of aryl methyl sites for hydroxylation is 2. The second-order valence-electron chi connectivity index (χ2n) is 12.3. The molecule has 53 heavy (non-hydrogen) atoms. The maximum atomic E-state index is 10.7. The molecule has 2 aliphatic carbocycles. The predicted octanol–water partition coefficient (Wildman–Crippen LogP) is 3.48. The van der Waals surface area contributed by atoms with Gasteiger partial charge in [0.05, 0.1) is 23.5 Å². The topological polar surface area (TPSA) is 178 Å². The molecule has 6 rings (SSSR count). The summed E-state index contributed by atoms with van der Waals surface area (Å²) in [7, 11) is -3.72. The summed E-state index contributed by atoms with van der Waals surface area (Å²) in [6.45, 7) is 4.27. The molecule has 0 bridgehead atoms. The minimum absolute atomic E-state index is 0. The largest absolute Gasteiger partial charge is 2.00 e. The SMILES string of the molecule is CN1CCN(C)C1=NC1CCCc2cccnc21.CN1CCN(C)C1=NC1CCCc2cccnc21.O=S(=O)([O-])C(F)(F)F.O=S(=O)([O-])C(F)(F)F.[Zn+2]. The van der Waals surface area contributed by atoms with Gasteiger partial charge in [-0.25, -0.2) is 26.8 Å². The van der Waals surface area contributed by atoms with E-state index in [1.54, 1.807) is 0 Å². The molecular formula is C30H40F6N8O6S2Zn. The summed E-state index contributed by atoms with van der Waals surface area (Å²) in [6, 6.07) is 8.93. The van der Waals surface area contributed by atoms with Gasteiger partial charge in [-0.15, -0.1) is 0 Å². The third kappa shape index (κ3) is 13.0. The van der Waals surface area contributed by atoms with Crippen LogP contribution in [0.1, 0.15) is 60.3 Å². The molecule has 2 atom stereocenters. The van der Waals surface area contributed by atoms with Crippen LogP contribution in [-0.2, 0) is 52.6 Å². The minimum atomic E-state index is -6.09. The fourth-order valence-electron chi connectivity index (χ4n) is 5.68. The monoisotopic (exact) mass is 850 g/mol. The van der Waals surface area contributed by atoms with Crippen LogP contribution in [0.25, 0.3) is 0 Å². The van der Waals surface area contributed by atoms with Crippen LogP contribution in [-0.4, -0.2) is 133 Å². The Balaban J connectivity index is 0.000000262. The van der Waals surface area contributed by atoms with Gasteiger partial charge in [-0.05, 0) is 61.8 Å². The molecule has 2 aromatic heterocycles. The zero-order chi connectivity index (χ0) is 39.1. The maximum absolute atomic E-state index is 10.7. The average molecular weight is 852 g/mol. The molecule has 292 valence electrons. The molecule has 2 fully saturated rings. The number of rotatable bonds is 2. The van der Waals surface area contributed by atoms with Gasteiger partial charge in [0.15, 0.2) is 32.2 Å². The zero-order valence-electron chi connectivity index (χ0n) is 29.5. The second kappa shape index (κ2) is 18.9. The first kappa shape index (κ1) is 46.0. The molecule has 0 spiro atoms. The number of halogens is 6. The molecule has 14 nitrogen and oxygen atoms in total. The van der Waals surface area contributed by atoms with Gasteiger partial charge in [0.1, 0.15) is 0 Å².